The van der Waals surface area contributed by atoms with Crippen LogP contribution >= 0.6 is 0 Å². The van der Waals surface area contributed by atoms with Crippen molar-refractivity contribution in [2.24, 2.45) is 5.92 Å². The van der Waals surface area contributed by atoms with Gasteiger partial charge in [-0.05, 0) is 77.2 Å². The number of hydrogen-bond acceptors (Lipinski definition) is 2. The van der Waals surface area contributed by atoms with Crippen LogP contribution in [0.1, 0.15) is 44.9 Å². The summed E-state index contributed by atoms with van der Waals surface area (Å²) in [4.78, 5) is 2.67. The molecule has 0 unspecified atom stereocenters. The summed E-state index contributed by atoms with van der Waals surface area (Å²) < 4.78 is 0. The molecule has 2 heterocycles. The van der Waals surface area contributed by atoms with E-state index in [1.54, 1.807) is 0 Å². The third kappa shape index (κ3) is 4.12. The zero-order valence-corrected chi connectivity index (χ0v) is 10.0. The Morgan fingerprint density at radius 1 is 1.07 bits per heavy atom. The fraction of sp³-hybridized carbons (Fsp3) is 1.00. The van der Waals surface area contributed by atoms with Gasteiger partial charge in [-0.15, -0.1) is 0 Å². The molecule has 0 bridgehead atoms. The first-order valence-corrected chi connectivity index (χ1v) is 6.88. The van der Waals surface area contributed by atoms with Gasteiger partial charge in [-0.2, -0.15) is 0 Å². The van der Waals surface area contributed by atoms with E-state index in [-0.39, 0.29) is 0 Å². The molecule has 88 valence electrons. The van der Waals surface area contributed by atoms with E-state index in [0.717, 1.165) is 5.92 Å². The minimum atomic E-state index is 0.976. The summed E-state index contributed by atoms with van der Waals surface area (Å²) >= 11 is 0. The van der Waals surface area contributed by atoms with Crippen LogP contribution in [-0.2, 0) is 0 Å². The largest absolute Gasteiger partial charge is 0.316 e. The minimum Gasteiger partial charge on any atom is -0.316 e. The SMILES string of the molecule is C1CCN(CCC[C@@H]2CCCNC2)CC1. The first-order valence-electron chi connectivity index (χ1n) is 6.88. The Morgan fingerprint density at radius 3 is 2.67 bits per heavy atom. The molecule has 0 aromatic rings. The molecule has 0 amide bonds. The molecule has 2 rings (SSSR count). The number of likely N-dealkylation sites (tertiary alicyclic amines) is 1. The molecule has 1 atom stereocenters. The van der Waals surface area contributed by atoms with Crippen LogP contribution in [0.4, 0.5) is 0 Å². The van der Waals surface area contributed by atoms with Gasteiger partial charge in [0.15, 0.2) is 0 Å². The van der Waals surface area contributed by atoms with Gasteiger partial charge in [-0.1, -0.05) is 6.42 Å². The van der Waals surface area contributed by atoms with Crippen molar-refractivity contribution in [3.8, 4) is 0 Å². The zero-order valence-electron chi connectivity index (χ0n) is 10.0. The lowest BCUT2D eigenvalue weighted by molar-refractivity contribution is 0.216. The van der Waals surface area contributed by atoms with Crippen molar-refractivity contribution in [3.63, 3.8) is 0 Å². The monoisotopic (exact) mass is 210 g/mol. The van der Waals surface area contributed by atoms with Crippen LogP contribution in [0.25, 0.3) is 0 Å². The molecule has 0 saturated carbocycles. The third-order valence-electron chi connectivity index (χ3n) is 3.93. The summed E-state index contributed by atoms with van der Waals surface area (Å²) in [6.45, 7) is 6.62. The zero-order chi connectivity index (χ0) is 10.3. The van der Waals surface area contributed by atoms with E-state index in [1.165, 1.54) is 77.7 Å². The van der Waals surface area contributed by atoms with Crippen molar-refractivity contribution in [1.29, 1.82) is 0 Å². The Bertz CT molecular complexity index is 140. The van der Waals surface area contributed by atoms with E-state index < -0.39 is 0 Å². The second-order valence-electron chi connectivity index (χ2n) is 5.26. The molecule has 1 N–H and O–H groups in total. The molecular weight excluding hydrogens is 184 g/mol. The van der Waals surface area contributed by atoms with Crippen LogP contribution in [0, 0.1) is 5.92 Å². The number of nitrogens with one attached hydrogen (secondary N) is 1. The summed E-state index contributed by atoms with van der Waals surface area (Å²) in [5.41, 5.74) is 0. The predicted octanol–water partition coefficient (Wildman–Crippen LogP) is 2.25. The Kier molecular flexibility index (Phi) is 4.94. The summed E-state index contributed by atoms with van der Waals surface area (Å²) in [5.74, 6) is 0.976. The number of nitrogens with zero attached hydrogens (tertiary/aromatic N) is 1. The highest BCUT2D eigenvalue weighted by Gasteiger charge is 2.14. The Labute approximate surface area is 94.4 Å². The molecule has 15 heavy (non-hydrogen) atoms. The fourth-order valence-corrected chi connectivity index (χ4v) is 2.96. The van der Waals surface area contributed by atoms with E-state index in [2.05, 4.69) is 10.2 Å². The third-order valence-corrected chi connectivity index (χ3v) is 3.93. The highest BCUT2D eigenvalue weighted by Crippen LogP contribution is 2.17. The van der Waals surface area contributed by atoms with Crippen molar-refractivity contribution in [2.45, 2.75) is 44.9 Å². The summed E-state index contributed by atoms with van der Waals surface area (Å²) in [7, 11) is 0. The first-order chi connectivity index (χ1) is 7.45. The molecular formula is C13H26N2. The molecule has 0 spiro atoms. The maximum Gasteiger partial charge on any atom is -0.00186 e. The topological polar surface area (TPSA) is 15.3 Å². The molecule has 2 aliphatic rings. The van der Waals surface area contributed by atoms with Gasteiger partial charge in [0.25, 0.3) is 0 Å². The van der Waals surface area contributed by atoms with Crippen molar-refractivity contribution in [3.05, 3.63) is 0 Å². The predicted molar refractivity (Wildman–Crippen MR) is 65.1 cm³/mol. The van der Waals surface area contributed by atoms with Crippen LogP contribution in [-0.4, -0.2) is 37.6 Å². The highest BCUT2D eigenvalue weighted by molar-refractivity contribution is 4.70. The van der Waals surface area contributed by atoms with E-state index in [1.807, 2.05) is 0 Å². The lowest BCUT2D eigenvalue weighted by Gasteiger charge is -2.28. The molecule has 2 saturated heterocycles. The molecule has 2 nitrogen and oxygen atoms in total. The van der Waals surface area contributed by atoms with Gasteiger partial charge in [0.1, 0.15) is 0 Å². The van der Waals surface area contributed by atoms with Crippen LogP contribution in [0.5, 0.6) is 0 Å². The average molecular weight is 210 g/mol. The Morgan fingerprint density at radius 2 is 1.93 bits per heavy atom. The number of piperidine rings is 2. The second-order valence-corrected chi connectivity index (χ2v) is 5.26. The minimum absolute atomic E-state index is 0.976. The molecule has 0 aromatic carbocycles. The molecule has 2 heteroatoms. The Balaban J connectivity index is 1.53. The maximum absolute atomic E-state index is 3.51. The van der Waals surface area contributed by atoms with Crippen LogP contribution in [0.15, 0.2) is 0 Å². The summed E-state index contributed by atoms with van der Waals surface area (Å²) in [5, 5.41) is 3.51. The smallest absolute Gasteiger partial charge is 0.00186 e. The van der Waals surface area contributed by atoms with Crippen molar-refractivity contribution in [2.75, 3.05) is 32.7 Å². The van der Waals surface area contributed by atoms with Gasteiger partial charge in [0.05, 0.1) is 0 Å². The number of hydrogen-bond donors (Lipinski definition) is 1. The van der Waals surface area contributed by atoms with Gasteiger partial charge >= 0.3 is 0 Å². The van der Waals surface area contributed by atoms with Crippen molar-refractivity contribution >= 4 is 0 Å². The van der Waals surface area contributed by atoms with Crippen LogP contribution < -0.4 is 5.32 Å². The van der Waals surface area contributed by atoms with Gasteiger partial charge in [0.2, 0.25) is 0 Å². The van der Waals surface area contributed by atoms with Crippen LogP contribution in [0.2, 0.25) is 0 Å². The highest BCUT2D eigenvalue weighted by atomic mass is 15.1. The standard InChI is InChI=1S/C13H26N2/c1-2-9-15(10-3-1)11-5-7-13-6-4-8-14-12-13/h13-14H,1-12H2/t13-/m0/s1. The summed E-state index contributed by atoms with van der Waals surface area (Å²) in [6.07, 6.45) is 10.1. The van der Waals surface area contributed by atoms with Gasteiger partial charge in [-0.3, -0.25) is 0 Å². The lowest BCUT2D eigenvalue weighted by atomic mass is 9.94. The van der Waals surface area contributed by atoms with Gasteiger partial charge < -0.3 is 10.2 Å². The Hall–Kier alpha value is -0.0800. The first kappa shape index (κ1) is 11.4. The van der Waals surface area contributed by atoms with Crippen molar-refractivity contribution < 1.29 is 0 Å². The van der Waals surface area contributed by atoms with Gasteiger partial charge in [-0.25, -0.2) is 0 Å². The molecule has 2 aliphatic heterocycles. The quantitative estimate of drug-likeness (QED) is 0.765. The van der Waals surface area contributed by atoms with Crippen molar-refractivity contribution in [1.82, 2.24) is 10.2 Å². The summed E-state index contributed by atoms with van der Waals surface area (Å²) in [6, 6.07) is 0. The number of rotatable bonds is 4. The van der Waals surface area contributed by atoms with Crippen LogP contribution in [0.3, 0.4) is 0 Å². The second kappa shape index (κ2) is 6.49. The van der Waals surface area contributed by atoms with Gasteiger partial charge in [0, 0.05) is 0 Å². The fourth-order valence-electron chi connectivity index (χ4n) is 2.96. The lowest BCUT2D eigenvalue weighted by Crippen LogP contribution is -2.32. The van der Waals surface area contributed by atoms with E-state index in [9.17, 15) is 0 Å². The van der Waals surface area contributed by atoms with E-state index >= 15 is 0 Å². The maximum atomic E-state index is 3.51. The van der Waals surface area contributed by atoms with E-state index in [0.29, 0.717) is 0 Å². The molecule has 0 aliphatic carbocycles. The van der Waals surface area contributed by atoms with E-state index in [4.69, 9.17) is 0 Å². The average Bonchev–Trinajstić information content (AvgIpc) is 2.32. The molecule has 0 radical (unpaired) electrons. The normalized spacial score (nSPS) is 29.2. The molecule has 2 fully saturated rings. The molecule has 0 aromatic heterocycles.